The van der Waals surface area contributed by atoms with Gasteiger partial charge in [0, 0.05) is 12.6 Å². The van der Waals surface area contributed by atoms with Crippen molar-refractivity contribution < 1.29 is 19.4 Å². The SMILES string of the molecule is CC(C)OCCN(C)C1COCC1C(=O)O. The first-order valence-electron chi connectivity index (χ1n) is 5.64. The number of likely N-dealkylation sites (N-methyl/N-ethyl adjacent to an activating group) is 1. The zero-order valence-electron chi connectivity index (χ0n) is 10.2. The molecule has 0 spiro atoms. The molecular weight excluding hydrogens is 210 g/mol. The summed E-state index contributed by atoms with van der Waals surface area (Å²) in [6.07, 6.45) is 0.212. The molecule has 5 heteroatoms. The first kappa shape index (κ1) is 13.4. The van der Waals surface area contributed by atoms with Crippen LogP contribution < -0.4 is 0 Å². The first-order valence-corrected chi connectivity index (χ1v) is 5.64. The highest BCUT2D eigenvalue weighted by Gasteiger charge is 2.36. The topological polar surface area (TPSA) is 59.0 Å². The summed E-state index contributed by atoms with van der Waals surface area (Å²) in [5, 5.41) is 9.01. The smallest absolute Gasteiger partial charge is 0.310 e. The second-order valence-electron chi connectivity index (χ2n) is 4.45. The molecule has 16 heavy (non-hydrogen) atoms. The zero-order valence-corrected chi connectivity index (χ0v) is 10.2. The molecule has 2 unspecified atom stereocenters. The van der Waals surface area contributed by atoms with E-state index in [1.54, 1.807) is 0 Å². The molecule has 0 aliphatic carbocycles. The maximum Gasteiger partial charge on any atom is 0.310 e. The summed E-state index contributed by atoms with van der Waals surface area (Å²) < 4.78 is 10.7. The average molecular weight is 231 g/mol. The normalized spacial score (nSPS) is 25.6. The van der Waals surface area contributed by atoms with E-state index in [4.69, 9.17) is 14.6 Å². The lowest BCUT2D eigenvalue weighted by Gasteiger charge is -2.26. The van der Waals surface area contributed by atoms with E-state index in [-0.39, 0.29) is 12.1 Å². The van der Waals surface area contributed by atoms with Gasteiger partial charge in [-0.3, -0.25) is 9.69 Å². The van der Waals surface area contributed by atoms with E-state index in [0.717, 1.165) is 6.54 Å². The van der Waals surface area contributed by atoms with Crippen LogP contribution in [-0.4, -0.2) is 61.5 Å². The van der Waals surface area contributed by atoms with Gasteiger partial charge in [-0.25, -0.2) is 0 Å². The molecule has 1 fully saturated rings. The second kappa shape index (κ2) is 6.18. The van der Waals surface area contributed by atoms with Gasteiger partial charge in [-0.2, -0.15) is 0 Å². The van der Waals surface area contributed by atoms with Gasteiger partial charge in [-0.1, -0.05) is 0 Å². The van der Waals surface area contributed by atoms with Crippen LogP contribution >= 0.6 is 0 Å². The molecule has 1 heterocycles. The molecule has 1 saturated heterocycles. The van der Waals surface area contributed by atoms with Gasteiger partial charge in [0.15, 0.2) is 0 Å². The van der Waals surface area contributed by atoms with Crippen LogP contribution in [-0.2, 0) is 14.3 Å². The maximum atomic E-state index is 11.0. The molecule has 1 aliphatic heterocycles. The van der Waals surface area contributed by atoms with Crippen molar-refractivity contribution in [2.45, 2.75) is 26.0 Å². The summed E-state index contributed by atoms with van der Waals surface area (Å²) in [7, 11) is 1.92. The molecule has 94 valence electrons. The molecule has 2 atom stereocenters. The van der Waals surface area contributed by atoms with Crippen molar-refractivity contribution in [3.63, 3.8) is 0 Å². The van der Waals surface area contributed by atoms with Gasteiger partial charge in [0.2, 0.25) is 0 Å². The van der Waals surface area contributed by atoms with Crippen LogP contribution in [0.25, 0.3) is 0 Å². The molecule has 5 nitrogen and oxygen atoms in total. The number of ether oxygens (including phenoxy) is 2. The molecule has 1 rings (SSSR count). The molecule has 0 amide bonds. The van der Waals surface area contributed by atoms with Crippen molar-refractivity contribution in [2.24, 2.45) is 5.92 Å². The van der Waals surface area contributed by atoms with Crippen LogP contribution in [0.4, 0.5) is 0 Å². The molecule has 1 N–H and O–H groups in total. The fourth-order valence-electron chi connectivity index (χ4n) is 1.81. The van der Waals surface area contributed by atoms with Crippen molar-refractivity contribution in [3.05, 3.63) is 0 Å². The van der Waals surface area contributed by atoms with Gasteiger partial charge in [0.1, 0.15) is 0 Å². The van der Waals surface area contributed by atoms with Gasteiger partial charge in [-0.15, -0.1) is 0 Å². The average Bonchev–Trinajstić information content (AvgIpc) is 2.65. The molecule has 1 aliphatic rings. The van der Waals surface area contributed by atoms with Gasteiger partial charge < -0.3 is 14.6 Å². The second-order valence-corrected chi connectivity index (χ2v) is 4.45. The summed E-state index contributed by atoms with van der Waals surface area (Å²) in [6.45, 7) is 6.13. The highest BCUT2D eigenvalue weighted by atomic mass is 16.5. The Labute approximate surface area is 96.3 Å². The Balaban J connectivity index is 2.34. The number of nitrogens with zero attached hydrogens (tertiary/aromatic N) is 1. The van der Waals surface area contributed by atoms with E-state index < -0.39 is 11.9 Å². The monoisotopic (exact) mass is 231 g/mol. The third kappa shape index (κ3) is 3.73. The first-order chi connectivity index (χ1) is 7.52. The van der Waals surface area contributed by atoms with Crippen LogP contribution in [0.3, 0.4) is 0 Å². The van der Waals surface area contributed by atoms with Gasteiger partial charge in [-0.05, 0) is 20.9 Å². The minimum Gasteiger partial charge on any atom is -0.481 e. The predicted molar refractivity (Wildman–Crippen MR) is 59.5 cm³/mol. The van der Waals surface area contributed by atoms with Crippen molar-refractivity contribution >= 4 is 5.97 Å². The number of aliphatic carboxylic acids is 1. The maximum absolute atomic E-state index is 11.0. The summed E-state index contributed by atoms with van der Waals surface area (Å²) in [6, 6.07) is -0.0340. The number of carboxylic acids is 1. The van der Waals surface area contributed by atoms with Crippen molar-refractivity contribution in [1.29, 1.82) is 0 Å². The van der Waals surface area contributed by atoms with E-state index in [9.17, 15) is 4.79 Å². The van der Waals surface area contributed by atoms with Crippen LogP contribution in [0, 0.1) is 5.92 Å². The summed E-state index contributed by atoms with van der Waals surface area (Å²) in [5.74, 6) is -1.19. The Morgan fingerprint density at radius 1 is 1.56 bits per heavy atom. The number of rotatable bonds is 6. The number of hydrogen-bond donors (Lipinski definition) is 1. The fraction of sp³-hybridized carbons (Fsp3) is 0.909. The standard InChI is InChI=1S/C11H21NO4/c1-8(2)16-5-4-12(3)10-7-15-6-9(10)11(13)14/h8-10H,4-7H2,1-3H3,(H,13,14). The van der Waals surface area contributed by atoms with Crippen LogP contribution in [0.5, 0.6) is 0 Å². The third-order valence-electron chi connectivity index (χ3n) is 2.83. The zero-order chi connectivity index (χ0) is 12.1. The quantitative estimate of drug-likeness (QED) is 0.719. The van der Waals surface area contributed by atoms with E-state index in [0.29, 0.717) is 19.8 Å². The van der Waals surface area contributed by atoms with Crippen molar-refractivity contribution in [3.8, 4) is 0 Å². The van der Waals surface area contributed by atoms with E-state index in [1.165, 1.54) is 0 Å². The Hall–Kier alpha value is -0.650. The lowest BCUT2D eigenvalue weighted by atomic mass is 10.0. The van der Waals surface area contributed by atoms with Crippen LogP contribution in [0.15, 0.2) is 0 Å². The van der Waals surface area contributed by atoms with Gasteiger partial charge >= 0.3 is 5.97 Å². The highest BCUT2D eigenvalue weighted by molar-refractivity contribution is 5.71. The number of hydrogen-bond acceptors (Lipinski definition) is 4. The van der Waals surface area contributed by atoms with Gasteiger partial charge in [0.25, 0.3) is 0 Å². The third-order valence-corrected chi connectivity index (χ3v) is 2.83. The van der Waals surface area contributed by atoms with E-state index in [2.05, 4.69) is 0 Å². The minimum atomic E-state index is -0.779. The molecule has 0 aromatic heterocycles. The summed E-state index contributed by atoms with van der Waals surface area (Å²) in [5.41, 5.74) is 0. The Bertz CT molecular complexity index is 232. The molecule has 0 radical (unpaired) electrons. The Morgan fingerprint density at radius 3 is 2.81 bits per heavy atom. The Kier molecular flexibility index (Phi) is 5.18. The molecule has 0 aromatic carbocycles. The molecule has 0 saturated carbocycles. The lowest BCUT2D eigenvalue weighted by Crippen LogP contribution is -2.42. The fourth-order valence-corrected chi connectivity index (χ4v) is 1.81. The molecular formula is C11H21NO4. The largest absolute Gasteiger partial charge is 0.481 e. The lowest BCUT2D eigenvalue weighted by molar-refractivity contribution is -0.143. The molecule has 0 bridgehead atoms. The molecule has 0 aromatic rings. The van der Waals surface area contributed by atoms with Crippen LogP contribution in [0.2, 0.25) is 0 Å². The van der Waals surface area contributed by atoms with Gasteiger partial charge in [0.05, 0.1) is 31.8 Å². The summed E-state index contributed by atoms with van der Waals surface area (Å²) >= 11 is 0. The summed E-state index contributed by atoms with van der Waals surface area (Å²) in [4.78, 5) is 13.0. The van der Waals surface area contributed by atoms with Crippen molar-refractivity contribution in [2.75, 3.05) is 33.4 Å². The van der Waals surface area contributed by atoms with E-state index >= 15 is 0 Å². The van der Waals surface area contributed by atoms with E-state index in [1.807, 2.05) is 25.8 Å². The van der Waals surface area contributed by atoms with Crippen molar-refractivity contribution in [1.82, 2.24) is 4.90 Å². The minimum absolute atomic E-state index is 0.0340. The number of carboxylic acid groups (broad SMARTS) is 1. The number of carbonyl (C=O) groups is 1. The Morgan fingerprint density at radius 2 is 2.25 bits per heavy atom. The predicted octanol–water partition coefficient (Wildman–Crippen LogP) is 0.443. The highest BCUT2D eigenvalue weighted by Crippen LogP contribution is 2.18. The van der Waals surface area contributed by atoms with Crippen LogP contribution in [0.1, 0.15) is 13.8 Å².